The Morgan fingerprint density at radius 3 is 2.50 bits per heavy atom. The fraction of sp³-hybridized carbons (Fsp3) is 1.00. The van der Waals surface area contributed by atoms with Crippen LogP contribution in [-0.2, 0) is 19.5 Å². The van der Waals surface area contributed by atoms with E-state index >= 15 is 0 Å². The summed E-state index contributed by atoms with van der Waals surface area (Å²) in [6.07, 6.45) is 2.53. The molecule has 2 N–H and O–H groups in total. The molecular formula is C12H25NO4S. The third kappa shape index (κ3) is 5.22. The van der Waals surface area contributed by atoms with Crippen molar-refractivity contribution in [3.63, 3.8) is 0 Å². The standard InChI is InChI=1S/C12H25NO4S/c1-3-12(4-2,10-18(13,14)15)9-17-8-11-5-6-16-7-11/h11H,3-10H2,1-2H3,(H2,13,14,15). The zero-order chi connectivity index (χ0) is 13.6. The second-order valence-corrected chi connectivity index (χ2v) is 6.87. The third-order valence-electron chi connectivity index (χ3n) is 3.79. The molecule has 18 heavy (non-hydrogen) atoms. The number of sulfonamides is 1. The third-order valence-corrected chi connectivity index (χ3v) is 4.81. The minimum Gasteiger partial charge on any atom is -0.381 e. The van der Waals surface area contributed by atoms with Crippen LogP contribution in [-0.4, -0.2) is 40.6 Å². The molecule has 0 saturated carbocycles. The van der Waals surface area contributed by atoms with Crippen molar-refractivity contribution in [2.24, 2.45) is 16.5 Å². The van der Waals surface area contributed by atoms with Gasteiger partial charge in [0.1, 0.15) is 0 Å². The Labute approximate surface area is 110 Å². The van der Waals surface area contributed by atoms with Gasteiger partial charge in [0.25, 0.3) is 0 Å². The van der Waals surface area contributed by atoms with Gasteiger partial charge in [-0.05, 0) is 19.3 Å². The monoisotopic (exact) mass is 279 g/mol. The maximum Gasteiger partial charge on any atom is 0.209 e. The van der Waals surface area contributed by atoms with Gasteiger partial charge in [-0.2, -0.15) is 0 Å². The van der Waals surface area contributed by atoms with Crippen LogP contribution in [0, 0.1) is 11.3 Å². The number of primary sulfonamides is 1. The van der Waals surface area contributed by atoms with Crippen molar-refractivity contribution in [2.75, 3.05) is 32.2 Å². The molecule has 0 amide bonds. The summed E-state index contributed by atoms with van der Waals surface area (Å²) in [5.41, 5.74) is -0.354. The minimum absolute atomic E-state index is 0.00579. The van der Waals surface area contributed by atoms with Gasteiger partial charge in [0.2, 0.25) is 10.0 Å². The number of rotatable bonds is 8. The Bertz CT molecular complexity index is 332. The molecular weight excluding hydrogens is 254 g/mol. The predicted molar refractivity (Wildman–Crippen MR) is 70.7 cm³/mol. The van der Waals surface area contributed by atoms with Crippen molar-refractivity contribution in [3.8, 4) is 0 Å². The molecule has 0 aromatic heterocycles. The summed E-state index contributed by atoms with van der Waals surface area (Å²) in [5.74, 6) is 0.444. The Morgan fingerprint density at radius 2 is 2.06 bits per heavy atom. The van der Waals surface area contributed by atoms with Crippen LogP contribution in [0.4, 0.5) is 0 Å². The van der Waals surface area contributed by atoms with Crippen LogP contribution < -0.4 is 5.14 Å². The number of ether oxygens (including phenoxy) is 2. The second kappa shape index (κ2) is 6.84. The van der Waals surface area contributed by atoms with Crippen LogP contribution in [0.15, 0.2) is 0 Å². The first-order chi connectivity index (χ1) is 8.41. The Morgan fingerprint density at radius 1 is 1.39 bits per heavy atom. The first kappa shape index (κ1) is 15.9. The van der Waals surface area contributed by atoms with Gasteiger partial charge >= 0.3 is 0 Å². The van der Waals surface area contributed by atoms with Gasteiger partial charge in [0.15, 0.2) is 0 Å². The maximum absolute atomic E-state index is 11.3. The fourth-order valence-electron chi connectivity index (χ4n) is 2.28. The lowest BCUT2D eigenvalue weighted by molar-refractivity contribution is 0.0276. The van der Waals surface area contributed by atoms with E-state index in [1.807, 2.05) is 13.8 Å². The summed E-state index contributed by atoms with van der Waals surface area (Å²) >= 11 is 0. The van der Waals surface area contributed by atoms with Crippen molar-refractivity contribution < 1.29 is 17.9 Å². The van der Waals surface area contributed by atoms with Crippen LogP contribution in [0.3, 0.4) is 0 Å². The van der Waals surface area contributed by atoms with E-state index in [4.69, 9.17) is 14.6 Å². The average molecular weight is 279 g/mol. The van der Waals surface area contributed by atoms with Gasteiger partial charge in [0, 0.05) is 17.9 Å². The predicted octanol–water partition coefficient (Wildman–Crippen LogP) is 1.13. The average Bonchev–Trinajstić information content (AvgIpc) is 2.79. The molecule has 1 rings (SSSR count). The molecule has 1 heterocycles. The highest BCUT2D eigenvalue weighted by Crippen LogP contribution is 2.28. The molecule has 108 valence electrons. The van der Waals surface area contributed by atoms with Crippen LogP contribution in [0.1, 0.15) is 33.1 Å². The van der Waals surface area contributed by atoms with E-state index in [9.17, 15) is 8.42 Å². The van der Waals surface area contributed by atoms with E-state index in [1.54, 1.807) is 0 Å². The first-order valence-corrected chi connectivity index (χ1v) is 8.28. The molecule has 0 aromatic carbocycles. The molecule has 1 unspecified atom stereocenters. The normalized spacial score (nSPS) is 21.4. The molecule has 0 spiro atoms. The van der Waals surface area contributed by atoms with Crippen molar-refractivity contribution in [1.82, 2.24) is 0 Å². The summed E-state index contributed by atoms with van der Waals surface area (Å²) in [5, 5.41) is 5.16. The molecule has 0 bridgehead atoms. The van der Waals surface area contributed by atoms with E-state index in [0.717, 1.165) is 32.5 Å². The van der Waals surface area contributed by atoms with Crippen LogP contribution in [0.5, 0.6) is 0 Å². The van der Waals surface area contributed by atoms with E-state index < -0.39 is 10.0 Å². The number of hydrogen-bond donors (Lipinski definition) is 1. The smallest absolute Gasteiger partial charge is 0.209 e. The van der Waals surface area contributed by atoms with E-state index in [-0.39, 0.29) is 11.2 Å². The summed E-state index contributed by atoms with van der Waals surface area (Å²) in [6, 6.07) is 0. The van der Waals surface area contributed by atoms with Gasteiger partial charge in [-0.3, -0.25) is 0 Å². The van der Waals surface area contributed by atoms with E-state index in [1.165, 1.54) is 0 Å². The highest BCUT2D eigenvalue weighted by atomic mass is 32.2. The second-order valence-electron chi connectivity index (χ2n) is 5.26. The van der Waals surface area contributed by atoms with Crippen LogP contribution >= 0.6 is 0 Å². The number of hydrogen-bond acceptors (Lipinski definition) is 4. The summed E-state index contributed by atoms with van der Waals surface area (Å²) in [6.45, 7) is 6.62. The lowest BCUT2D eigenvalue weighted by Gasteiger charge is -2.30. The Balaban J connectivity index is 2.45. The van der Waals surface area contributed by atoms with E-state index in [0.29, 0.717) is 19.1 Å². The zero-order valence-electron chi connectivity index (χ0n) is 11.4. The molecule has 5 nitrogen and oxygen atoms in total. The lowest BCUT2D eigenvalue weighted by Crippen LogP contribution is -2.37. The van der Waals surface area contributed by atoms with Gasteiger partial charge in [-0.1, -0.05) is 13.8 Å². The molecule has 1 saturated heterocycles. The largest absolute Gasteiger partial charge is 0.381 e. The lowest BCUT2D eigenvalue weighted by atomic mass is 9.85. The van der Waals surface area contributed by atoms with Gasteiger partial charge in [-0.25, -0.2) is 13.6 Å². The number of nitrogens with two attached hydrogens (primary N) is 1. The van der Waals surface area contributed by atoms with Gasteiger partial charge in [0.05, 0.1) is 25.6 Å². The molecule has 0 aromatic rings. The van der Waals surface area contributed by atoms with Crippen LogP contribution in [0.25, 0.3) is 0 Å². The molecule has 1 aliphatic heterocycles. The molecule has 0 aliphatic carbocycles. The van der Waals surface area contributed by atoms with Gasteiger partial charge in [-0.15, -0.1) is 0 Å². The summed E-state index contributed by atoms with van der Waals surface area (Å²) < 4.78 is 33.6. The Hall–Kier alpha value is -0.170. The zero-order valence-corrected chi connectivity index (χ0v) is 12.2. The Kier molecular flexibility index (Phi) is 6.04. The molecule has 1 aliphatic rings. The van der Waals surface area contributed by atoms with Gasteiger partial charge < -0.3 is 9.47 Å². The van der Waals surface area contributed by atoms with Crippen molar-refractivity contribution in [3.05, 3.63) is 0 Å². The van der Waals surface area contributed by atoms with Crippen molar-refractivity contribution in [2.45, 2.75) is 33.1 Å². The fourth-order valence-corrected chi connectivity index (χ4v) is 3.63. The summed E-state index contributed by atoms with van der Waals surface area (Å²) in [4.78, 5) is 0. The minimum atomic E-state index is -3.46. The molecule has 0 radical (unpaired) electrons. The first-order valence-electron chi connectivity index (χ1n) is 6.57. The van der Waals surface area contributed by atoms with E-state index in [2.05, 4.69) is 0 Å². The molecule has 1 atom stereocenters. The molecule has 1 fully saturated rings. The SMILES string of the molecule is CCC(CC)(COCC1CCOC1)CS(N)(=O)=O. The molecule has 6 heteroatoms. The topological polar surface area (TPSA) is 78.6 Å². The highest BCUT2D eigenvalue weighted by molar-refractivity contribution is 7.89. The van der Waals surface area contributed by atoms with Crippen molar-refractivity contribution >= 4 is 10.0 Å². The highest BCUT2D eigenvalue weighted by Gasteiger charge is 2.31. The maximum atomic E-state index is 11.3. The van der Waals surface area contributed by atoms with Crippen molar-refractivity contribution in [1.29, 1.82) is 0 Å². The quantitative estimate of drug-likeness (QED) is 0.722. The van der Waals surface area contributed by atoms with Crippen LogP contribution in [0.2, 0.25) is 0 Å². The summed E-state index contributed by atoms with van der Waals surface area (Å²) in [7, 11) is -3.46.